The zero-order chi connectivity index (χ0) is 12.1. The number of amides is 1. The fourth-order valence-corrected chi connectivity index (χ4v) is 1.31. The molecular formula is C11H12FN3O. The number of nitrogens with one attached hydrogen (secondary N) is 1. The molecule has 0 saturated carbocycles. The van der Waals surface area contributed by atoms with Crippen molar-refractivity contribution in [3.8, 4) is 6.07 Å². The van der Waals surface area contributed by atoms with Gasteiger partial charge in [-0.1, -0.05) is 0 Å². The Morgan fingerprint density at radius 2 is 2.31 bits per heavy atom. The van der Waals surface area contributed by atoms with Crippen LogP contribution in [0, 0.1) is 17.1 Å². The van der Waals surface area contributed by atoms with Crippen LogP contribution in [0.15, 0.2) is 18.2 Å². The molecule has 0 heterocycles. The lowest BCUT2D eigenvalue weighted by Crippen LogP contribution is -2.33. The number of benzene rings is 1. The van der Waals surface area contributed by atoms with Gasteiger partial charge in [0, 0.05) is 14.1 Å². The number of carbonyl (C=O) groups excluding carboxylic acids is 1. The number of carbonyl (C=O) groups is 1. The van der Waals surface area contributed by atoms with E-state index in [-0.39, 0.29) is 18.0 Å². The summed E-state index contributed by atoms with van der Waals surface area (Å²) in [5, 5.41) is 11.3. The van der Waals surface area contributed by atoms with Crippen molar-refractivity contribution >= 4 is 11.6 Å². The van der Waals surface area contributed by atoms with Gasteiger partial charge in [0.2, 0.25) is 5.91 Å². The van der Waals surface area contributed by atoms with Crippen LogP contribution in [0.3, 0.4) is 0 Å². The third kappa shape index (κ3) is 2.70. The highest BCUT2D eigenvalue weighted by Gasteiger charge is 2.10. The summed E-state index contributed by atoms with van der Waals surface area (Å²) in [7, 11) is 3.20. The van der Waals surface area contributed by atoms with Crippen LogP contribution in [0.1, 0.15) is 5.56 Å². The van der Waals surface area contributed by atoms with E-state index >= 15 is 0 Å². The third-order valence-electron chi connectivity index (χ3n) is 2.15. The predicted octanol–water partition coefficient (Wildman–Crippen LogP) is 0.880. The molecule has 0 bridgehead atoms. The number of hydrogen-bond acceptors (Lipinski definition) is 3. The summed E-state index contributed by atoms with van der Waals surface area (Å²) in [6.45, 7) is 0.122. The molecule has 16 heavy (non-hydrogen) atoms. The minimum atomic E-state index is -0.464. The zero-order valence-electron chi connectivity index (χ0n) is 9.12. The Hall–Kier alpha value is -2.09. The molecule has 0 spiro atoms. The monoisotopic (exact) mass is 221 g/mol. The summed E-state index contributed by atoms with van der Waals surface area (Å²) in [6.07, 6.45) is 0. The summed E-state index contributed by atoms with van der Waals surface area (Å²) < 4.78 is 12.9. The summed E-state index contributed by atoms with van der Waals surface area (Å²) in [5.74, 6) is -0.635. The van der Waals surface area contributed by atoms with Gasteiger partial charge in [-0.15, -0.1) is 0 Å². The zero-order valence-corrected chi connectivity index (χ0v) is 9.12. The average molecular weight is 221 g/mol. The molecule has 0 unspecified atom stereocenters. The van der Waals surface area contributed by atoms with Crippen LogP contribution in [0.2, 0.25) is 0 Å². The number of hydrogen-bond donors (Lipinski definition) is 1. The van der Waals surface area contributed by atoms with Crippen LogP contribution in [0.5, 0.6) is 0 Å². The van der Waals surface area contributed by atoms with Gasteiger partial charge < -0.3 is 10.2 Å². The summed E-state index contributed by atoms with van der Waals surface area (Å²) in [4.78, 5) is 12.7. The molecule has 0 aliphatic rings. The van der Waals surface area contributed by atoms with E-state index in [0.29, 0.717) is 5.69 Å². The highest BCUT2D eigenvalue weighted by Crippen LogP contribution is 2.19. The lowest BCUT2D eigenvalue weighted by molar-refractivity contribution is -0.119. The maximum atomic E-state index is 12.9. The number of halogens is 1. The lowest BCUT2D eigenvalue weighted by Gasteiger charge is -2.19. The summed E-state index contributed by atoms with van der Waals surface area (Å²) >= 11 is 0. The van der Waals surface area contributed by atoms with Gasteiger partial charge in [-0.3, -0.25) is 4.79 Å². The Balaban J connectivity index is 2.95. The smallest absolute Gasteiger partial charge is 0.239 e. The fraction of sp³-hybridized carbons (Fsp3) is 0.273. The molecule has 1 rings (SSSR count). The Kier molecular flexibility index (Phi) is 3.84. The standard InChI is InChI=1S/C11H12FN3O/c1-14-11(16)7-15(2)10-4-3-9(12)5-8(10)6-13/h3-5H,7H2,1-2H3,(H,14,16). The first-order valence-electron chi connectivity index (χ1n) is 4.70. The van der Waals surface area contributed by atoms with Crippen LogP contribution in [0.4, 0.5) is 10.1 Å². The topological polar surface area (TPSA) is 56.1 Å². The van der Waals surface area contributed by atoms with Crippen molar-refractivity contribution < 1.29 is 9.18 Å². The number of likely N-dealkylation sites (N-methyl/N-ethyl adjacent to an activating group) is 2. The van der Waals surface area contributed by atoms with Crippen molar-refractivity contribution in [3.05, 3.63) is 29.6 Å². The second-order valence-corrected chi connectivity index (χ2v) is 3.30. The van der Waals surface area contributed by atoms with Crippen molar-refractivity contribution in [1.82, 2.24) is 5.32 Å². The average Bonchev–Trinajstić information content (AvgIpc) is 2.28. The SMILES string of the molecule is CNC(=O)CN(C)c1ccc(F)cc1C#N. The number of anilines is 1. The van der Waals surface area contributed by atoms with Gasteiger partial charge in [0.1, 0.15) is 11.9 Å². The van der Waals surface area contributed by atoms with Crippen molar-refractivity contribution in [2.75, 3.05) is 25.5 Å². The molecule has 0 atom stereocenters. The first-order chi connectivity index (χ1) is 7.58. The third-order valence-corrected chi connectivity index (χ3v) is 2.15. The molecule has 5 heteroatoms. The number of rotatable bonds is 3. The van der Waals surface area contributed by atoms with Crippen molar-refractivity contribution in [1.29, 1.82) is 5.26 Å². The molecule has 0 radical (unpaired) electrons. The second-order valence-electron chi connectivity index (χ2n) is 3.30. The van der Waals surface area contributed by atoms with Crippen molar-refractivity contribution in [3.63, 3.8) is 0 Å². The van der Waals surface area contributed by atoms with E-state index in [1.807, 2.05) is 6.07 Å². The molecule has 1 aromatic rings. The second kappa shape index (κ2) is 5.12. The Morgan fingerprint density at radius 1 is 1.62 bits per heavy atom. The molecule has 84 valence electrons. The number of nitrogens with zero attached hydrogens (tertiary/aromatic N) is 2. The van der Waals surface area contributed by atoms with Crippen LogP contribution >= 0.6 is 0 Å². The van der Waals surface area contributed by atoms with Gasteiger partial charge in [-0.05, 0) is 18.2 Å². The Morgan fingerprint density at radius 3 is 2.88 bits per heavy atom. The van der Waals surface area contributed by atoms with E-state index in [1.54, 1.807) is 11.9 Å². The highest BCUT2D eigenvalue weighted by atomic mass is 19.1. The van der Waals surface area contributed by atoms with Gasteiger partial charge in [0.15, 0.2) is 0 Å². The molecule has 1 N–H and O–H groups in total. The van der Waals surface area contributed by atoms with E-state index in [4.69, 9.17) is 5.26 Å². The molecule has 1 aromatic carbocycles. The van der Waals surface area contributed by atoms with Crippen LogP contribution in [0.25, 0.3) is 0 Å². The van der Waals surface area contributed by atoms with E-state index in [2.05, 4.69) is 5.32 Å². The Bertz CT molecular complexity index is 439. The maximum Gasteiger partial charge on any atom is 0.239 e. The largest absolute Gasteiger partial charge is 0.364 e. The first-order valence-corrected chi connectivity index (χ1v) is 4.70. The van der Waals surface area contributed by atoms with Crippen molar-refractivity contribution in [2.45, 2.75) is 0 Å². The molecule has 0 aromatic heterocycles. The van der Waals surface area contributed by atoms with Crippen LogP contribution < -0.4 is 10.2 Å². The van der Waals surface area contributed by atoms with Crippen LogP contribution in [-0.2, 0) is 4.79 Å². The highest BCUT2D eigenvalue weighted by molar-refractivity contribution is 5.81. The first kappa shape index (κ1) is 12.0. The van der Waals surface area contributed by atoms with E-state index in [0.717, 1.165) is 6.07 Å². The minimum Gasteiger partial charge on any atom is -0.364 e. The van der Waals surface area contributed by atoms with Gasteiger partial charge in [-0.2, -0.15) is 5.26 Å². The quantitative estimate of drug-likeness (QED) is 0.824. The van der Waals surface area contributed by atoms with Gasteiger partial charge in [0.05, 0.1) is 17.8 Å². The van der Waals surface area contributed by atoms with Gasteiger partial charge in [0.25, 0.3) is 0 Å². The van der Waals surface area contributed by atoms with Crippen LogP contribution in [-0.4, -0.2) is 26.5 Å². The molecule has 0 aliphatic heterocycles. The minimum absolute atomic E-state index is 0.122. The number of nitriles is 1. The fourth-order valence-electron chi connectivity index (χ4n) is 1.31. The summed E-state index contributed by atoms with van der Waals surface area (Å²) in [6, 6.07) is 5.79. The molecule has 1 amide bonds. The summed E-state index contributed by atoms with van der Waals surface area (Å²) in [5.41, 5.74) is 0.749. The molecule has 0 fully saturated rings. The van der Waals surface area contributed by atoms with E-state index < -0.39 is 5.82 Å². The normalized spacial score (nSPS) is 9.38. The van der Waals surface area contributed by atoms with Gasteiger partial charge >= 0.3 is 0 Å². The van der Waals surface area contributed by atoms with Crippen molar-refractivity contribution in [2.24, 2.45) is 0 Å². The van der Waals surface area contributed by atoms with E-state index in [9.17, 15) is 9.18 Å². The molecule has 4 nitrogen and oxygen atoms in total. The maximum absolute atomic E-state index is 12.9. The molecule has 0 saturated heterocycles. The lowest BCUT2D eigenvalue weighted by atomic mass is 10.1. The molecule has 0 aliphatic carbocycles. The predicted molar refractivity (Wildman–Crippen MR) is 58.5 cm³/mol. The Labute approximate surface area is 93.3 Å². The molecular weight excluding hydrogens is 209 g/mol. The van der Waals surface area contributed by atoms with E-state index in [1.165, 1.54) is 19.2 Å². The van der Waals surface area contributed by atoms with Gasteiger partial charge in [-0.25, -0.2) is 4.39 Å².